The number of benzene rings is 3. The Bertz CT molecular complexity index is 2080. The highest BCUT2D eigenvalue weighted by Crippen LogP contribution is 2.34. The van der Waals surface area contributed by atoms with Crippen LogP contribution in [0, 0.1) is 5.82 Å². The Labute approximate surface area is 284 Å². The number of aromatic nitrogens is 4. The third-order valence-corrected chi connectivity index (χ3v) is 8.18. The van der Waals surface area contributed by atoms with Crippen molar-refractivity contribution in [1.29, 1.82) is 0 Å². The molecule has 9 nitrogen and oxygen atoms in total. The number of aliphatic imine (C=N–C) groups is 1. The number of nitrogens with zero attached hydrogens (tertiary/aromatic N) is 7. The molecular weight excluding hydrogens is 617 g/mol. The van der Waals surface area contributed by atoms with Gasteiger partial charge in [0.25, 0.3) is 0 Å². The number of carbonyl (C=O) groups excluding carboxylic acids is 1. The molecular formula is C39H36FN7O2. The number of amides is 1. The van der Waals surface area contributed by atoms with Crippen LogP contribution in [0.1, 0.15) is 31.9 Å². The Kier molecular flexibility index (Phi) is 8.61. The molecule has 0 radical (unpaired) electrons. The quantitative estimate of drug-likeness (QED) is 0.170. The van der Waals surface area contributed by atoms with E-state index in [-0.39, 0.29) is 11.9 Å². The van der Waals surface area contributed by atoms with Gasteiger partial charge in [-0.2, -0.15) is 0 Å². The van der Waals surface area contributed by atoms with Gasteiger partial charge in [0, 0.05) is 54.6 Å². The van der Waals surface area contributed by atoms with Gasteiger partial charge in [-0.05, 0) is 69.3 Å². The van der Waals surface area contributed by atoms with Crippen LogP contribution in [0.4, 0.5) is 20.8 Å². The molecule has 0 aliphatic carbocycles. The van der Waals surface area contributed by atoms with Crippen molar-refractivity contribution in [2.24, 2.45) is 4.99 Å². The van der Waals surface area contributed by atoms with Crippen molar-refractivity contribution in [2.75, 3.05) is 31.1 Å². The number of fused-ring (bicyclic) bond motifs is 1. The number of piperazine rings is 1. The summed E-state index contributed by atoms with van der Waals surface area (Å²) in [4.78, 5) is 31.2. The highest BCUT2D eigenvalue weighted by Gasteiger charge is 2.27. The highest BCUT2D eigenvalue weighted by atomic mass is 19.1. The van der Waals surface area contributed by atoms with Gasteiger partial charge in [-0.1, -0.05) is 60.7 Å². The summed E-state index contributed by atoms with van der Waals surface area (Å²) in [5, 5.41) is 5.07. The molecule has 0 atom stereocenters. The van der Waals surface area contributed by atoms with Crippen molar-refractivity contribution in [3.05, 3.63) is 132 Å². The maximum absolute atomic E-state index is 14.0. The molecule has 6 aromatic rings. The van der Waals surface area contributed by atoms with Gasteiger partial charge in [0.15, 0.2) is 11.5 Å². The van der Waals surface area contributed by atoms with Gasteiger partial charge in [0.05, 0.1) is 11.4 Å². The van der Waals surface area contributed by atoms with Crippen LogP contribution >= 0.6 is 0 Å². The number of carbonyl (C=O) groups is 1. The monoisotopic (exact) mass is 653 g/mol. The normalized spacial score (nSPS) is 13.4. The number of hydrogen-bond acceptors (Lipinski definition) is 7. The van der Waals surface area contributed by atoms with E-state index in [1.807, 2.05) is 110 Å². The lowest BCUT2D eigenvalue weighted by molar-refractivity contribution is 0.0240. The molecule has 1 fully saturated rings. The SMILES string of the molecule is CC(C)(C)OC(=O)N1CCN(c2ccc3nc(-c4ccc(F)cc4)c(-c4ccnc(N=C(c5ccccc5)c5ccccc5)c4)n3n2)CC1. The number of pyridine rings is 1. The second-order valence-corrected chi connectivity index (χ2v) is 12.8. The summed E-state index contributed by atoms with van der Waals surface area (Å²) in [7, 11) is 0. The van der Waals surface area contributed by atoms with Crippen LogP contribution in [-0.2, 0) is 4.74 Å². The maximum atomic E-state index is 14.0. The van der Waals surface area contributed by atoms with E-state index < -0.39 is 5.60 Å². The molecule has 0 bridgehead atoms. The fourth-order valence-corrected chi connectivity index (χ4v) is 5.83. The van der Waals surface area contributed by atoms with Gasteiger partial charge in [0.2, 0.25) is 0 Å². The summed E-state index contributed by atoms with van der Waals surface area (Å²) in [5.74, 6) is 0.952. The van der Waals surface area contributed by atoms with E-state index in [1.54, 1.807) is 23.2 Å². The molecule has 3 aromatic carbocycles. The number of halogens is 1. The number of ether oxygens (including phenoxy) is 1. The Balaban J connectivity index is 1.29. The first-order valence-electron chi connectivity index (χ1n) is 16.3. The van der Waals surface area contributed by atoms with E-state index >= 15 is 0 Å². The predicted molar refractivity (Wildman–Crippen MR) is 190 cm³/mol. The summed E-state index contributed by atoms with van der Waals surface area (Å²) in [6, 6.07) is 34.1. The predicted octanol–water partition coefficient (Wildman–Crippen LogP) is 7.82. The fraction of sp³-hybridized carbons (Fsp3) is 0.205. The van der Waals surface area contributed by atoms with Crippen molar-refractivity contribution in [3.63, 3.8) is 0 Å². The lowest BCUT2D eigenvalue weighted by Gasteiger charge is -2.36. The lowest BCUT2D eigenvalue weighted by atomic mass is 10.0. The van der Waals surface area contributed by atoms with Gasteiger partial charge >= 0.3 is 6.09 Å². The molecule has 4 heterocycles. The van der Waals surface area contributed by atoms with Crippen LogP contribution in [-0.4, -0.2) is 68.1 Å². The van der Waals surface area contributed by atoms with Crippen LogP contribution in [0.3, 0.4) is 0 Å². The van der Waals surface area contributed by atoms with E-state index in [1.165, 1.54) is 12.1 Å². The van der Waals surface area contributed by atoms with Crippen molar-refractivity contribution in [3.8, 4) is 22.5 Å². The van der Waals surface area contributed by atoms with Gasteiger partial charge < -0.3 is 14.5 Å². The Morgan fingerprint density at radius 3 is 2.08 bits per heavy atom. The van der Waals surface area contributed by atoms with Crippen molar-refractivity contribution >= 4 is 29.1 Å². The standard InChI is InChI=1S/C39H36FN7O2/c1-39(2,3)49-38(48)46-24-22-45(23-25-46)34-19-18-33-43-36(29-14-16-31(40)17-15-29)37(47(33)44-34)30-20-21-41-32(26-30)42-35(27-10-6-4-7-11-27)28-12-8-5-9-13-28/h4-21,26H,22-25H2,1-3H3. The Morgan fingerprint density at radius 1 is 0.796 bits per heavy atom. The zero-order valence-electron chi connectivity index (χ0n) is 27.6. The molecule has 1 amide bonds. The summed E-state index contributed by atoms with van der Waals surface area (Å²) >= 11 is 0. The maximum Gasteiger partial charge on any atom is 0.410 e. The number of anilines is 1. The minimum absolute atomic E-state index is 0.310. The molecule has 0 N–H and O–H groups in total. The van der Waals surface area contributed by atoms with Gasteiger partial charge in [0.1, 0.15) is 22.9 Å². The smallest absolute Gasteiger partial charge is 0.410 e. The average molecular weight is 654 g/mol. The van der Waals surface area contributed by atoms with Crippen LogP contribution < -0.4 is 4.90 Å². The second-order valence-electron chi connectivity index (χ2n) is 12.8. The summed E-state index contributed by atoms with van der Waals surface area (Å²) in [5.41, 5.74) is 5.79. The molecule has 0 saturated carbocycles. The van der Waals surface area contributed by atoms with Crippen molar-refractivity contribution in [2.45, 2.75) is 26.4 Å². The first kappa shape index (κ1) is 31.7. The number of rotatable bonds is 6. The number of imidazole rings is 1. The topological polar surface area (TPSA) is 88.2 Å². The third kappa shape index (κ3) is 7.03. The van der Waals surface area contributed by atoms with E-state index in [4.69, 9.17) is 19.8 Å². The zero-order valence-corrected chi connectivity index (χ0v) is 27.6. The average Bonchev–Trinajstić information content (AvgIpc) is 3.50. The Hall–Kier alpha value is -5.90. The summed E-state index contributed by atoms with van der Waals surface area (Å²) in [6.07, 6.45) is 1.42. The molecule has 49 heavy (non-hydrogen) atoms. The molecule has 7 rings (SSSR count). The Morgan fingerprint density at radius 2 is 1.45 bits per heavy atom. The van der Waals surface area contributed by atoms with Crippen molar-refractivity contribution < 1.29 is 13.9 Å². The molecule has 1 aliphatic rings. The molecule has 0 unspecified atom stereocenters. The van der Waals surface area contributed by atoms with Gasteiger partial charge in [-0.15, -0.1) is 5.10 Å². The molecule has 1 saturated heterocycles. The van der Waals surface area contributed by atoms with E-state index in [2.05, 4.69) is 9.88 Å². The molecule has 3 aromatic heterocycles. The molecule has 1 aliphatic heterocycles. The molecule has 0 spiro atoms. The van der Waals surface area contributed by atoms with Crippen LogP contribution in [0.2, 0.25) is 0 Å². The highest BCUT2D eigenvalue weighted by molar-refractivity contribution is 6.13. The zero-order chi connectivity index (χ0) is 34.0. The van der Waals surface area contributed by atoms with Crippen LogP contribution in [0.5, 0.6) is 0 Å². The first-order valence-corrected chi connectivity index (χ1v) is 16.3. The molecule has 10 heteroatoms. The van der Waals surface area contributed by atoms with Gasteiger partial charge in [-0.3, -0.25) is 0 Å². The van der Waals surface area contributed by atoms with E-state index in [9.17, 15) is 9.18 Å². The minimum atomic E-state index is -0.552. The first-order chi connectivity index (χ1) is 23.7. The van der Waals surface area contributed by atoms with E-state index in [0.29, 0.717) is 43.3 Å². The number of hydrogen-bond donors (Lipinski definition) is 0. The summed E-state index contributed by atoms with van der Waals surface area (Å²) < 4.78 is 21.4. The van der Waals surface area contributed by atoms with Crippen LogP contribution in [0.15, 0.2) is 120 Å². The second kappa shape index (κ2) is 13.3. The lowest BCUT2D eigenvalue weighted by Crippen LogP contribution is -2.50. The fourth-order valence-electron chi connectivity index (χ4n) is 5.83. The van der Waals surface area contributed by atoms with Gasteiger partial charge in [-0.25, -0.2) is 28.7 Å². The third-order valence-electron chi connectivity index (χ3n) is 8.18. The van der Waals surface area contributed by atoms with Crippen LogP contribution in [0.25, 0.3) is 28.2 Å². The summed E-state index contributed by atoms with van der Waals surface area (Å²) in [6.45, 7) is 7.84. The van der Waals surface area contributed by atoms with Crippen molar-refractivity contribution in [1.82, 2.24) is 24.5 Å². The largest absolute Gasteiger partial charge is 0.444 e. The minimum Gasteiger partial charge on any atom is -0.444 e. The molecule has 246 valence electrons. The van der Waals surface area contributed by atoms with E-state index in [0.717, 1.165) is 39.5 Å².